The van der Waals surface area contributed by atoms with Crippen molar-refractivity contribution in [1.82, 2.24) is 4.90 Å². The van der Waals surface area contributed by atoms with E-state index in [1.807, 2.05) is 4.90 Å². The molecule has 0 spiro atoms. The molecule has 5 nitrogen and oxygen atoms in total. The van der Waals surface area contributed by atoms with E-state index in [1.54, 1.807) is 13.0 Å². The predicted molar refractivity (Wildman–Crippen MR) is 64.0 cm³/mol. The molecule has 1 saturated heterocycles. The molecule has 0 amide bonds. The summed E-state index contributed by atoms with van der Waals surface area (Å²) >= 11 is 5.83. The molecular formula is C11H13ClN2O3. The molecule has 1 aliphatic heterocycles. The van der Waals surface area contributed by atoms with Crippen LogP contribution in [0.4, 0.5) is 5.69 Å². The third-order valence-corrected chi connectivity index (χ3v) is 3.00. The van der Waals surface area contributed by atoms with Gasteiger partial charge in [0.1, 0.15) is 0 Å². The van der Waals surface area contributed by atoms with Gasteiger partial charge in [-0.25, -0.2) is 0 Å². The molecule has 0 atom stereocenters. The van der Waals surface area contributed by atoms with Crippen molar-refractivity contribution < 1.29 is 10.0 Å². The first-order chi connectivity index (χ1) is 7.87. The van der Waals surface area contributed by atoms with Gasteiger partial charge in [-0.15, -0.1) is 0 Å². The number of β-amino-alcohol motifs (C(OH)–C–C–N with tert-alkyl or cyclic N) is 1. The van der Waals surface area contributed by atoms with Crippen LogP contribution in [0.2, 0.25) is 5.02 Å². The van der Waals surface area contributed by atoms with E-state index in [0.717, 1.165) is 0 Å². The zero-order chi connectivity index (χ0) is 12.6. The van der Waals surface area contributed by atoms with Crippen LogP contribution in [0.3, 0.4) is 0 Å². The van der Waals surface area contributed by atoms with Crippen LogP contribution < -0.4 is 0 Å². The van der Waals surface area contributed by atoms with E-state index in [0.29, 0.717) is 30.2 Å². The topological polar surface area (TPSA) is 66.6 Å². The van der Waals surface area contributed by atoms with Gasteiger partial charge in [0.05, 0.1) is 10.5 Å². The zero-order valence-corrected chi connectivity index (χ0v) is 10.1. The van der Waals surface area contributed by atoms with E-state index in [-0.39, 0.29) is 5.69 Å². The minimum absolute atomic E-state index is 0.0703. The Bertz CT molecular complexity index is 454. The number of hydrogen-bond acceptors (Lipinski definition) is 4. The highest BCUT2D eigenvalue weighted by Gasteiger charge is 2.36. The molecule has 1 aromatic rings. The summed E-state index contributed by atoms with van der Waals surface area (Å²) in [5.74, 6) is 0. The van der Waals surface area contributed by atoms with Crippen LogP contribution in [0.5, 0.6) is 0 Å². The number of halogens is 1. The monoisotopic (exact) mass is 256 g/mol. The molecule has 0 unspecified atom stereocenters. The Hall–Kier alpha value is -1.17. The Kier molecular flexibility index (Phi) is 3.07. The molecule has 0 saturated carbocycles. The third kappa shape index (κ3) is 2.74. The van der Waals surface area contributed by atoms with E-state index in [9.17, 15) is 15.2 Å². The van der Waals surface area contributed by atoms with Crippen molar-refractivity contribution in [3.8, 4) is 0 Å². The van der Waals surface area contributed by atoms with E-state index in [4.69, 9.17) is 11.6 Å². The molecule has 0 aromatic heterocycles. The number of likely N-dealkylation sites (tertiary alicyclic amines) is 1. The predicted octanol–water partition coefficient (Wildman–Crippen LogP) is 1.81. The standard InChI is InChI=1S/C11H13ClN2O3/c1-11(15)6-13(7-11)5-8-4-9(12)2-3-10(8)14(16)17/h2-4,15H,5-7H2,1H3. The molecule has 0 aliphatic carbocycles. The van der Waals surface area contributed by atoms with E-state index in [2.05, 4.69) is 0 Å². The van der Waals surface area contributed by atoms with Gasteiger partial charge in [0.15, 0.2) is 0 Å². The summed E-state index contributed by atoms with van der Waals surface area (Å²) in [4.78, 5) is 12.4. The first-order valence-electron chi connectivity index (χ1n) is 5.25. The van der Waals surface area contributed by atoms with E-state index < -0.39 is 10.5 Å². The summed E-state index contributed by atoms with van der Waals surface area (Å²) in [6.45, 7) is 3.23. The Balaban J connectivity index is 2.15. The fourth-order valence-electron chi connectivity index (χ4n) is 2.13. The van der Waals surface area contributed by atoms with Crippen LogP contribution in [0, 0.1) is 10.1 Å². The number of hydrogen-bond donors (Lipinski definition) is 1. The highest BCUT2D eigenvalue weighted by atomic mass is 35.5. The van der Waals surface area contributed by atoms with Crippen molar-refractivity contribution in [2.75, 3.05) is 13.1 Å². The van der Waals surface area contributed by atoms with E-state index >= 15 is 0 Å². The number of aliphatic hydroxyl groups is 1. The lowest BCUT2D eigenvalue weighted by Crippen LogP contribution is -2.59. The molecule has 1 N–H and O–H groups in total. The molecule has 92 valence electrons. The molecule has 1 aliphatic rings. The number of nitrogens with zero attached hydrogens (tertiary/aromatic N) is 2. The van der Waals surface area contributed by atoms with Gasteiger partial charge >= 0.3 is 0 Å². The summed E-state index contributed by atoms with van der Waals surface area (Å²) in [6.07, 6.45) is 0. The summed E-state index contributed by atoms with van der Waals surface area (Å²) < 4.78 is 0. The maximum atomic E-state index is 10.8. The van der Waals surface area contributed by atoms with Crippen molar-refractivity contribution in [2.24, 2.45) is 0 Å². The number of benzene rings is 1. The Morgan fingerprint density at radius 3 is 2.76 bits per heavy atom. The first-order valence-corrected chi connectivity index (χ1v) is 5.63. The highest BCUT2D eigenvalue weighted by Crippen LogP contribution is 2.28. The summed E-state index contributed by atoms with van der Waals surface area (Å²) in [5.41, 5.74) is -0.0215. The second-order valence-electron chi connectivity index (χ2n) is 4.67. The number of rotatable bonds is 3. The van der Waals surface area contributed by atoms with Crippen LogP contribution in [0.1, 0.15) is 12.5 Å². The van der Waals surface area contributed by atoms with Gasteiger partial charge in [-0.2, -0.15) is 0 Å². The Morgan fingerprint density at radius 1 is 1.59 bits per heavy atom. The Labute approximate surface area is 104 Å². The fourth-order valence-corrected chi connectivity index (χ4v) is 2.32. The lowest BCUT2D eigenvalue weighted by Gasteiger charge is -2.44. The van der Waals surface area contributed by atoms with Gasteiger partial charge in [0.25, 0.3) is 5.69 Å². The van der Waals surface area contributed by atoms with Gasteiger partial charge in [0.2, 0.25) is 0 Å². The van der Waals surface area contributed by atoms with Crippen molar-refractivity contribution >= 4 is 17.3 Å². The minimum atomic E-state index is -0.673. The average Bonchev–Trinajstić information content (AvgIpc) is 2.14. The zero-order valence-electron chi connectivity index (χ0n) is 9.39. The fraction of sp³-hybridized carbons (Fsp3) is 0.455. The smallest absolute Gasteiger partial charge is 0.273 e. The van der Waals surface area contributed by atoms with E-state index in [1.165, 1.54) is 12.1 Å². The molecule has 6 heteroatoms. The summed E-state index contributed by atoms with van der Waals surface area (Å²) in [5, 5.41) is 20.9. The molecule has 2 rings (SSSR count). The molecule has 1 aromatic carbocycles. The van der Waals surface area contributed by atoms with Gasteiger partial charge < -0.3 is 5.11 Å². The molecule has 17 heavy (non-hydrogen) atoms. The molecule has 0 radical (unpaired) electrons. The maximum absolute atomic E-state index is 10.8. The molecule has 0 bridgehead atoms. The van der Waals surface area contributed by atoms with Crippen LogP contribution in [0.15, 0.2) is 18.2 Å². The summed E-state index contributed by atoms with van der Waals surface area (Å²) in [7, 11) is 0. The second-order valence-corrected chi connectivity index (χ2v) is 5.11. The third-order valence-electron chi connectivity index (χ3n) is 2.76. The van der Waals surface area contributed by atoms with Gasteiger partial charge in [0, 0.05) is 36.3 Å². The van der Waals surface area contributed by atoms with Gasteiger partial charge in [-0.3, -0.25) is 15.0 Å². The van der Waals surface area contributed by atoms with Crippen LogP contribution in [0.25, 0.3) is 0 Å². The lowest BCUT2D eigenvalue weighted by molar-refractivity contribution is -0.385. The van der Waals surface area contributed by atoms with Crippen LogP contribution in [-0.4, -0.2) is 33.6 Å². The number of nitro benzene ring substituents is 1. The van der Waals surface area contributed by atoms with Gasteiger partial charge in [-0.05, 0) is 19.1 Å². The van der Waals surface area contributed by atoms with Crippen molar-refractivity contribution in [2.45, 2.75) is 19.1 Å². The maximum Gasteiger partial charge on any atom is 0.273 e. The summed E-state index contributed by atoms with van der Waals surface area (Å²) in [6, 6.07) is 4.53. The van der Waals surface area contributed by atoms with Gasteiger partial charge in [-0.1, -0.05) is 11.6 Å². The largest absolute Gasteiger partial charge is 0.388 e. The first kappa shape index (κ1) is 12.3. The highest BCUT2D eigenvalue weighted by molar-refractivity contribution is 6.30. The van der Waals surface area contributed by atoms with Crippen molar-refractivity contribution in [3.05, 3.63) is 38.9 Å². The number of nitro groups is 1. The van der Waals surface area contributed by atoms with Crippen molar-refractivity contribution in [3.63, 3.8) is 0 Å². The second kappa shape index (κ2) is 4.25. The van der Waals surface area contributed by atoms with Crippen LogP contribution >= 0.6 is 11.6 Å². The molecular weight excluding hydrogens is 244 g/mol. The average molecular weight is 257 g/mol. The molecule has 1 heterocycles. The lowest BCUT2D eigenvalue weighted by atomic mass is 9.96. The minimum Gasteiger partial charge on any atom is -0.388 e. The van der Waals surface area contributed by atoms with Crippen LogP contribution in [-0.2, 0) is 6.54 Å². The quantitative estimate of drug-likeness (QED) is 0.662. The Morgan fingerprint density at radius 2 is 2.24 bits per heavy atom. The van der Waals surface area contributed by atoms with Crippen molar-refractivity contribution in [1.29, 1.82) is 0 Å². The normalized spacial score (nSPS) is 18.8. The molecule has 1 fully saturated rings. The SMILES string of the molecule is CC1(O)CN(Cc2cc(Cl)ccc2[N+](=O)[O-])C1.